The monoisotopic (exact) mass is 558 g/mol. The highest BCUT2D eigenvalue weighted by Gasteiger charge is 2.46. The molecule has 2 fully saturated rings. The highest BCUT2D eigenvalue weighted by Crippen LogP contribution is 2.37. The zero-order valence-corrected chi connectivity index (χ0v) is 24.4. The molecule has 1 aliphatic carbocycles. The van der Waals surface area contributed by atoms with E-state index in [1.54, 1.807) is 19.2 Å². The number of benzene rings is 1. The molecule has 1 aliphatic heterocycles. The molecule has 5 atom stereocenters. The molecular formula is C31H38N6O4. The Morgan fingerprint density at radius 2 is 1.80 bits per heavy atom. The first-order valence-electron chi connectivity index (χ1n) is 14.5. The fraction of sp³-hybridized carbons (Fsp3) is 0.516. The number of fused-ring (bicyclic) bond motifs is 1. The third-order valence-electron chi connectivity index (χ3n) is 8.46. The van der Waals surface area contributed by atoms with Gasteiger partial charge in [0.05, 0.1) is 18.0 Å². The zero-order valence-electron chi connectivity index (χ0n) is 24.4. The van der Waals surface area contributed by atoms with E-state index in [9.17, 15) is 9.59 Å². The van der Waals surface area contributed by atoms with Crippen molar-refractivity contribution in [1.82, 2.24) is 19.4 Å². The minimum atomic E-state index is -0.328. The van der Waals surface area contributed by atoms with Crippen LogP contribution in [0.2, 0.25) is 0 Å². The van der Waals surface area contributed by atoms with Crippen molar-refractivity contribution in [2.45, 2.75) is 71.2 Å². The maximum Gasteiger partial charge on any atom is 0.350 e. The number of nitrogens with zero attached hydrogens (tertiary/aromatic N) is 6. The van der Waals surface area contributed by atoms with Gasteiger partial charge in [-0.2, -0.15) is 4.98 Å². The molecule has 0 N–H and O–H groups in total. The third-order valence-corrected chi connectivity index (χ3v) is 8.46. The molecule has 1 saturated carbocycles. The molecule has 10 heteroatoms. The maximum atomic E-state index is 12.8. The number of aromatic nitrogens is 3. The molecule has 41 heavy (non-hydrogen) atoms. The van der Waals surface area contributed by atoms with Gasteiger partial charge < -0.3 is 19.2 Å². The summed E-state index contributed by atoms with van der Waals surface area (Å²) in [6.07, 6.45) is 2.39. The van der Waals surface area contributed by atoms with Gasteiger partial charge in [0.1, 0.15) is 11.9 Å². The standard InChI is InChI=1S/C31H38N6O4/c1-7-21-18-37(29-28-25(35(6)31(39)34-29)14-15-27(32-5)33-28)22(8-2)17-36(21)19(4)20-10-12-23(13-11-20)41-26-16-24(26)30(38)40-9-3/h10-15,19,21-22,24,26H,7-9,16-18H2,1-4,6H3/t19?,21-,22+,24+,26+/m1/s1. The Kier molecular flexibility index (Phi) is 8.27. The van der Waals surface area contributed by atoms with Gasteiger partial charge in [-0.1, -0.05) is 32.6 Å². The van der Waals surface area contributed by atoms with Crippen LogP contribution in [0.25, 0.3) is 15.9 Å². The summed E-state index contributed by atoms with van der Waals surface area (Å²) >= 11 is 0. The second-order valence-corrected chi connectivity index (χ2v) is 10.9. The normalized spacial score (nSPS) is 23.2. The van der Waals surface area contributed by atoms with E-state index in [4.69, 9.17) is 16.0 Å². The molecular weight excluding hydrogens is 520 g/mol. The summed E-state index contributed by atoms with van der Waals surface area (Å²) in [6, 6.07) is 12.1. The van der Waals surface area contributed by atoms with Crippen molar-refractivity contribution >= 4 is 28.6 Å². The van der Waals surface area contributed by atoms with Crippen LogP contribution in [0.1, 0.15) is 58.6 Å². The van der Waals surface area contributed by atoms with E-state index in [1.165, 1.54) is 10.1 Å². The second-order valence-electron chi connectivity index (χ2n) is 10.9. The largest absolute Gasteiger partial charge is 0.490 e. The first-order valence-corrected chi connectivity index (χ1v) is 14.5. The number of ether oxygens (including phenoxy) is 2. The first kappa shape index (κ1) is 28.6. The lowest BCUT2D eigenvalue weighted by Crippen LogP contribution is -2.59. The van der Waals surface area contributed by atoms with Crippen molar-refractivity contribution in [1.29, 1.82) is 0 Å². The van der Waals surface area contributed by atoms with E-state index in [0.717, 1.165) is 25.1 Å². The minimum Gasteiger partial charge on any atom is -0.490 e. The smallest absolute Gasteiger partial charge is 0.350 e. The summed E-state index contributed by atoms with van der Waals surface area (Å²) in [4.78, 5) is 42.1. The number of piperazine rings is 1. The van der Waals surface area contributed by atoms with Gasteiger partial charge in [-0.15, -0.1) is 4.98 Å². The molecule has 0 radical (unpaired) electrons. The van der Waals surface area contributed by atoms with E-state index in [2.05, 4.69) is 57.5 Å². The number of aryl methyl sites for hydroxylation is 1. The van der Waals surface area contributed by atoms with E-state index >= 15 is 0 Å². The van der Waals surface area contributed by atoms with Gasteiger partial charge in [-0.25, -0.2) is 4.79 Å². The number of hydrogen-bond donors (Lipinski definition) is 0. The summed E-state index contributed by atoms with van der Waals surface area (Å²) in [5.41, 5.74) is 2.13. The van der Waals surface area contributed by atoms with E-state index in [0.29, 0.717) is 36.4 Å². The molecule has 10 nitrogen and oxygen atoms in total. The summed E-state index contributed by atoms with van der Waals surface area (Å²) in [7, 11) is 1.69. The average molecular weight is 559 g/mol. The molecule has 3 heterocycles. The second kappa shape index (κ2) is 11.9. The number of esters is 1. The van der Waals surface area contributed by atoms with Crippen LogP contribution in [-0.2, 0) is 16.6 Å². The Bertz CT molecular complexity index is 1510. The SMILES string of the molecule is [C-]#[N+]c1ccc2c(n1)c(N1C[C@@H](CC)N(C(C)c3ccc(O[C@H]4C[C@@H]4C(=O)OCC)cc3)C[C@@H]1CC)nc(=O)n2C. The number of rotatable bonds is 9. The fourth-order valence-corrected chi connectivity index (χ4v) is 5.87. The fourth-order valence-electron chi connectivity index (χ4n) is 5.87. The van der Waals surface area contributed by atoms with Gasteiger partial charge in [0.15, 0.2) is 5.82 Å². The topological polar surface area (TPSA) is 94.2 Å². The van der Waals surface area contributed by atoms with Crippen LogP contribution in [0.3, 0.4) is 0 Å². The Morgan fingerprint density at radius 1 is 1.07 bits per heavy atom. The molecule has 1 unspecified atom stereocenters. The molecule has 216 valence electrons. The molecule has 5 rings (SSSR count). The van der Waals surface area contributed by atoms with Gasteiger partial charge in [-0.3, -0.25) is 14.3 Å². The van der Waals surface area contributed by atoms with Crippen molar-refractivity contribution in [2.75, 3.05) is 24.6 Å². The van der Waals surface area contributed by atoms with Gasteiger partial charge in [0.25, 0.3) is 5.82 Å². The van der Waals surface area contributed by atoms with Crippen LogP contribution in [0.4, 0.5) is 11.6 Å². The highest BCUT2D eigenvalue weighted by molar-refractivity contribution is 5.87. The molecule has 0 spiro atoms. The molecule has 1 aromatic carbocycles. The van der Waals surface area contributed by atoms with Crippen molar-refractivity contribution in [3.8, 4) is 5.75 Å². The van der Waals surface area contributed by atoms with Crippen LogP contribution in [0, 0.1) is 12.5 Å². The van der Waals surface area contributed by atoms with Gasteiger partial charge in [0, 0.05) is 44.7 Å². The summed E-state index contributed by atoms with van der Waals surface area (Å²) < 4.78 is 12.6. The maximum absolute atomic E-state index is 12.8. The van der Waals surface area contributed by atoms with Crippen LogP contribution in [0.15, 0.2) is 41.2 Å². The predicted molar refractivity (Wildman–Crippen MR) is 157 cm³/mol. The van der Waals surface area contributed by atoms with Crippen LogP contribution < -0.4 is 15.3 Å². The summed E-state index contributed by atoms with van der Waals surface area (Å²) in [6.45, 7) is 17.7. The third kappa shape index (κ3) is 5.64. The number of carbonyl (C=O) groups excluding carboxylic acids is 1. The lowest BCUT2D eigenvalue weighted by molar-refractivity contribution is -0.145. The van der Waals surface area contributed by atoms with Crippen molar-refractivity contribution < 1.29 is 14.3 Å². The Labute approximate surface area is 240 Å². The number of pyridine rings is 1. The van der Waals surface area contributed by atoms with Crippen LogP contribution in [0.5, 0.6) is 5.75 Å². The molecule has 1 saturated heterocycles. The van der Waals surface area contributed by atoms with Crippen molar-refractivity contribution in [3.63, 3.8) is 0 Å². The van der Waals surface area contributed by atoms with E-state index in [-0.39, 0.29) is 47.6 Å². The quantitative estimate of drug-likeness (QED) is 0.277. The van der Waals surface area contributed by atoms with Crippen molar-refractivity contribution in [2.24, 2.45) is 13.0 Å². The van der Waals surface area contributed by atoms with Crippen LogP contribution >= 0.6 is 0 Å². The van der Waals surface area contributed by atoms with E-state index < -0.39 is 0 Å². The molecule has 3 aromatic rings. The molecule has 0 bridgehead atoms. The van der Waals surface area contributed by atoms with Crippen molar-refractivity contribution in [3.05, 3.63) is 63.9 Å². The number of anilines is 1. The molecule has 0 amide bonds. The van der Waals surface area contributed by atoms with Gasteiger partial charge in [-0.05, 0) is 56.5 Å². The van der Waals surface area contributed by atoms with E-state index in [1.807, 2.05) is 19.1 Å². The average Bonchev–Trinajstić information content (AvgIpc) is 3.77. The Hall–Kier alpha value is -3.97. The Balaban J connectivity index is 1.35. The first-order chi connectivity index (χ1) is 19.8. The zero-order chi connectivity index (χ0) is 29.3. The number of carbonyl (C=O) groups is 1. The Morgan fingerprint density at radius 3 is 2.46 bits per heavy atom. The van der Waals surface area contributed by atoms with Crippen LogP contribution in [-0.4, -0.2) is 63.3 Å². The van der Waals surface area contributed by atoms with Gasteiger partial charge in [0.2, 0.25) is 5.52 Å². The summed E-state index contributed by atoms with van der Waals surface area (Å²) in [5, 5.41) is 0. The molecule has 2 aromatic heterocycles. The van der Waals surface area contributed by atoms with Gasteiger partial charge >= 0.3 is 11.7 Å². The molecule has 2 aliphatic rings. The lowest BCUT2D eigenvalue weighted by Gasteiger charge is -2.49. The lowest BCUT2D eigenvalue weighted by atomic mass is 9.97. The minimum absolute atomic E-state index is 0.111. The predicted octanol–water partition coefficient (Wildman–Crippen LogP) is 4.65. The summed E-state index contributed by atoms with van der Waals surface area (Å²) in [5.74, 6) is 1.27. The highest BCUT2D eigenvalue weighted by atomic mass is 16.5. The number of hydrogen-bond acceptors (Lipinski definition) is 8.